The van der Waals surface area contributed by atoms with Crippen LogP contribution in [0.1, 0.15) is 28.7 Å². The molecule has 0 atom stereocenters. The lowest BCUT2D eigenvalue weighted by Crippen LogP contribution is -2.11. The summed E-state index contributed by atoms with van der Waals surface area (Å²) in [6, 6.07) is 4.00. The fourth-order valence-electron chi connectivity index (χ4n) is 2.12. The number of fused-ring (bicyclic) bond motifs is 1. The summed E-state index contributed by atoms with van der Waals surface area (Å²) in [5.41, 5.74) is 0.545. The average molecular weight is 306 g/mol. The molecule has 6 heteroatoms. The molecule has 0 radical (unpaired) electrons. The molecule has 20 heavy (non-hydrogen) atoms. The SMILES string of the molecule is CCCn1ncc(OC)c1C(=O)c1cc2sccc2s1. The number of rotatable bonds is 5. The number of nitrogens with zero attached hydrogens (tertiary/aromatic N) is 2. The normalized spacial score (nSPS) is 11.1. The Balaban J connectivity index is 2.04. The number of methoxy groups -OCH3 is 1. The number of hydrogen-bond acceptors (Lipinski definition) is 5. The summed E-state index contributed by atoms with van der Waals surface area (Å²) in [5.74, 6) is 0.529. The third-order valence-corrected chi connectivity index (χ3v) is 5.13. The van der Waals surface area contributed by atoms with Crippen molar-refractivity contribution in [3.05, 3.63) is 34.3 Å². The Kier molecular flexibility index (Phi) is 3.58. The molecule has 0 bridgehead atoms. The van der Waals surface area contributed by atoms with Gasteiger partial charge >= 0.3 is 0 Å². The van der Waals surface area contributed by atoms with E-state index in [-0.39, 0.29) is 5.78 Å². The third-order valence-electron chi connectivity index (χ3n) is 3.04. The first-order valence-corrected chi connectivity index (χ1v) is 8.05. The van der Waals surface area contributed by atoms with Crippen LogP contribution >= 0.6 is 22.7 Å². The van der Waals surface area contributed by atoms with Gasteiger partial charge in [0.25, 0.3) is 0 Å². The lowest BCUT2D eigenvalue weighted by Gasteiger charge is -2.05. The van der Waals surface area contributed by atoms with E-state index in [1.807, 2.05) is 17.5 Å². The van der Waals surface area contributed by atoms with Crippen molar-refractivity contribution in [2.75, 3.05) is 7.11 Å². The van der Waals surface area contributed by atoms with Crippen molar-refractivity contribution < 1.29 is 9.53 Å². The topological polar surface area (TPSA) is 44.1 Å². The molecule has 0 saturated carbocycles. The van der Waals surface area contributed by atoms with Gasteiger partial charge in [-0.15, -0.1) is 22.7 Å². The van der Waals surface area contributed by atoms with E-state index in [0.29, 0.717) is 18.0 Å². The number of ketones is 1. The summed E-state index contributed by atoms with van der Waals surface area (Å²) < 4.78 is 9.31. The Morgan fingerprint density at radius 3 is 3.00 bits per heavy atom. The van der Waals surface area contributed by atoms with Crippen LogP contribution in [0.5, 0.6) is 5.75 Å². The van der Waals surface area contributed by atoms with E-state index in [1.54, 1.807) is 29.3 Å². The maximum Gasteiger partial charge on any atom is 0.224 e. The van der Waals surface area contributed by atoms with Crippen molar-refractivity contribution in [1.29, 1.82) is 0 Å². The second kappa shape index (κ2) is 5.38. The molecule has 0 aliphatic heterocycles. The van der Waals surface area contributed by atoms with Crippen molar-refractivity contribution in [3.8, 4) is 5.75 Å². The van der Waals surface area contributed by atoms with Crippen LogP contribution < -0.4 is 4.74 Å². The molecule has 3 aromatic heterocycles. The minimum absolute atomic E-state index is 0.0128. The zero-order valence-corrected chi connectivity index (χ0v) is 12.9. The zero-order chi connectivity index (χ0) is 14.1. The van der Waals surface area contributed by atoms with Gasteiger partial charge in [-0.2, -0.15) is 5.10 Å². The molecular formula is C14H14N2O2S2. The highest BCUT2D eigenvalue weighted by molar-refractivity contribution is 7.28. The maximum absolute atomic E-state index is 12.7. The molecule has 0 N–H and O–H groups in total. The van der Waals surface area contributed by atoms with Gasteiger partial charge in [-0.25, -0.2) is 0 Å². The van der Waals surface area contributed by atoms with Crippen LogP contribution in [-0.2, 0) is 6.54 Å². The molecule has 0 saturated heterocycles. The number of thiophene rings is 2. The van der Waals surface area contributed by atoms with E-state index in [1.165, 1.54) is 11.3 Å². The van der Waals surface area contributed by atoms with Crippen LogP contribution in [-0.4, -0.2) is 22.7 Å². The van der Waals surface area contributed by atoms with Gasteiger partial charge in [0.05, 0.1) is 18.2 Å². The van der Waals surface area contributed by atoms with Gasteiger partial charge < -0.3 is 4.74 Å². The Bertz CT molecular complexity index is 726. The van der Waals surface area contributed by atoms with Gasteiger partial charge in [-0.3, -0.25) is 9.48 Å². The molecule has 0 spiro atoms. The predicted molar refractivity (Wildman–Crippen MR) is 82.2 cm³/mol. The van der Waals surface area contributed by atoms with Crippen LogP contribution in [0.15, 0.2) is 23.7 Å². The molecule has 0 unspecified atom stereocenters. The molecule has 4 nitrogen and oxygen atoms in total. The summed E-state index contributed by atoms with van der Waals surface area (Å²) in [6.45, 7) is 2.77. The van der Waals surface area contributed by atoms with Gasteiger partial charge in [-0.05, 0) is 23.9 Å². The Morgan fingerprint density at radius 1 is 1.45 bits per heavy atom. The molecule has 0 aromatic carbocycles. The smallest absolute Gasteiger partial charge is 0.224 e. The number of hydrogen-bond donors (Lipinski definition) is 0. The summed E-state index contributed by atoms with van der Waals surface area (Å²) in [4.78, 5) is 13.5. The molecule has 3 heterocycles. The standard InChI is InChI=1S/C14H14N2O2S2/c1-3-5-16-13(9(18-2)8-15-16)14(17)12-7-11-10(20-12)4-6-19-11/h4,6-8H,3,5H2,1-2H3. The summed E-state index contributed by atoms with van der Waals surface area (Å²) in [5, 5.41) is 6.28. The van der Waals surface area contributed by atoms with Crippen molar-refractivity contribution in [3.63, 3.8) is 0 Å². The molecule has 0 amide bonds. The Labute approximate surface area is 124 Å². The number of carbonyl (C=O) groups is 1. The largest absolute Gasteiger partial charge is 0.493 e. The van der Waals surface area contributed by atoms with E-state index in [0.717, 1.165) is 20.7 Å². The lowest BCUT2D eigenvalue weighted by atomic mass is 10.2. The third kappa shape index (κ3) is 2.14. The molecule has 3 rings (SSSR count). The first kappa shape index (κ1) is 13.3. The Morgan fingerprint density at radius 2 is 2.30 bits per heavy atom. The molecule has 3 aromatic rings. The lowest BCUT2D eigenvalue weighted by molar-refractivity contribution is 0.102. The van der Waals surface area contributed by atoms with Crippen molar-refractivity contribution >= 4 is 37.9 Å². The minimum Gasteiger partial charge on any atom is -0.493 e. The van der Waals surface area contributed by atoms with Gasteiger partial charge in [0.1, 0.15) is 0 Å². The number of carbonyl (C=O) groups excluding carboxylic acids is 1. The van der Waals surface area contributed by atoms with Crippen molar-refractivity contribution in [2.45, 2.75) is 19.9 Å². The van der Waals surface area contributed by atoms with Gasteiger partial charge in [0.15, 0.2) is 11.4 Å². The van der Waals surface area contributed by atoms with Crippen molar-refractivity contribution in [1.82, 2.24) is 9.78 Å². The number of aryl methyl sites for hydroxylation is 1. The van der Waals surface area contributed by atoms with E-state index >= 15 is 0 Å². The highest BCUT2D eigenvalue weighted by Crippen LogP contribution is 2.32. The van der Waals surface area contributed by atoms with Crippen LogP contribution in [0.3, 0.4) is 0 Å². The number of aromatic nitrogens is 2. The molecule has 0 aliphatic rings. The molecule has 0 fully saturated rings. The van der Waals surface area contributed by atoms with Crippen LogP contribution in [0.2, 0.25) is 0 Å². The predicted octanol–water partition coefficient (Wildman–Crippen LogP) is 3.81. The molecule has 104 valence electrons. The number of ether oxygens (including phenoxy) is 1. The van der Waals surface area contributed by atoms with E-state index in [2.05, 4.69) is 12.0 Å². The van der Waals surface area contributed by atoms with Crippen LogP contribution in [0.4, 0.5) is 0 Å². The second-order valence-electron chi connectivity index (χ2n) is 4.37. The van der Waals surface area contributed by atoms with Crippen LogP contribution in [0, 0.1) is 0 Å². The minimum atomic E-state index is -0.0128. The fraction of sp³-hybridized carbons (Fsp3) is 0.286. The molecule has 0 aliphatic carbocycles. The van der Waals surface area contributed by atoms with Crippen molar-refractivity contribution in [2.24, 2.45) is 0 Å². The first-order valence-electron chi connectivity index (χ1n) is 6.36. The Hall–Kier alpha value is -1.66. The first-order chi connectivity index (χ1) is 9.74. The monoisotopic (exact) mass is 306 g/mol. The molecular weight excluding hydrogens is 292 g/mol. The zero-order valence-electron chi connectivity index (χ0n) is 11.3. The average Bonchev–Trinajstić information content (AvgIpc) is 3.11. The summed E-state index contributed by atoms with van der Waals surface area (Å²) in [6.07, 6.45) is 2.53. The van der Waals surface area contributed by atoms with Gasteiger partial charge in [0, 0.05) is 15.9 Å². The summed E-state index contributed by atoms with van der Waals surface area (Å²) >= 11 is 3.17. The quantitative estimate of drug-likeness (QED) is 0.673. The van der Waals surface area contributed by atoms with E-state index < -0.39 is 0 Å². The fourth-order valence-corrected chi connectivity index (χ4v) is 4.17. The summed E-state index contributed by atoms with van der Waals surface area (Å²) in [7, 11) is 1.57. The van der Waals surface area contributed by atoms with Gasteiger partial charge in [-0.1, -0.05) is 6.92 Å². The highest BCUT2D eigenvalue weighted by atomic mass is 32.1. The van der Waals surface area contributed by atoms with Gasteiger partial charge in [0.2, 0.25) is 5.78 Å². The maximum atomic E-state index is 12.7. The second-order valence-corrected chi connectivity index (χ2v) is 6.41. The van der Waals surface area contributed by atoms with E-state index in [9.17, 15) is 4.79 Å². The van der Waals surface area contributed by atoms with E-state index in [4.69, 9.17) is 4.74 Å². The highest BCUT2D eigenvalue weighted by Gasteiger charge is 2.22. The van der Waals surface area contributed by atoms with Crippen LogP contribution in [0.25, 0.3) is 9.40 Å².